The van der Waals surface area contributed by atoms with Gasteiger partial charge in [-0.1, -0.05) is 6.07 Å². The van der Waals surface area contributed by atoms with Gasteiger partial charge in [-0.15, -0.1) is 0 Å². The Morgan fingerprint density at radius 1 is 0.964 bits per heavy atom. The third-order valence-corrected chi connectivity index (χ3v) is 4.75. The Morgan fingerprint density at radius 3 is 2.00 bits per heavy atom. The zero-order chi connectivity index (χ0) is 20.8. The number of benzene rings is 2. The molecule has 2 aromatic carbocycles. The summed E-state index contributed by atoms with van der Waals surface area (Å²) < 4.78 is 16.1. The van der Waals surface area contributed by atoms with Gasteiger partial charge in [-0.2, -0.15) is 0 Å². The van der Waals surface area contributed by atoms with Gasteiger partial charge in [0, 0.05) is 24.7 Å². The van der Waals surface area contributed by atoms with Crippen LogP contribution in [0, 0.1) is 6.92 Å². The highest BCUT2D eigenvalue weighted by molar-refractivity contribution is 5.99. The molecule has 1 atom stereocenters. The standard InChI is InChI=1S/C22H29NO5/c1-7-23(8-2)22(25)20-18(9-14(3)10-19(20)28-6)21(24)15-11-16(26-4)13-17(12-15)27-5/h9-13,21,24H,7-8H2,1-6H3/t21-/m0/s1. The van der Waals surface area contributed by atoms with Gasteiger partial charge in [0.1, 0.15) is 23.4 Å². The van der Waals surface area contributed by atoms with Crippen molar-refractivity contribution in [1.82, 2.24) is 4.90 Å². The van der Waals surface area contributed by atoms with Crippen molar-refractivity contribution in [3.63, 3.8) is 0 Å². The highest BCUT2D eigenvalue weighted by atomic mass is 16.5. The first-order chi connectivity index (χ1) is 13.4. The molecule has 0 aliphatic heterocycles. The van der Waals surface area contributed by atoms with Crippen molar-refractivity contribution in [2.45, 2.75) is 26.9 Å². The number of aliphatic hydroxyl groups is 1. The number of hydrogen-bond donors (Lipinski definition) is 1. The average Bonchev–Trinajstić information content (AvgIpc) is 2.72. The molecule has 0 aliphatic rings. The second-order valence-electron chi connectivity index (χ2n) is 6.46. The molecule has 28 heavy (non-hydrogen) atoms. The van der Waals surface area contributed by atoms with Crippen LogP contribution >= 0.6 is 0 Å². The maximum absolute atomic E-state index is 13.2. The van der Waals surface area contributed by atoms with E-state index >= 15 is 0 Å². The summed E-state index contributed by atoms with van der Waals surface area (Å²) in [5.74, 6) is 1.39. The van der Waals surface area contributed by atoms with Gasteiger partial charge in [0.25, 0.3) is 5.91 Å². The molecule has 6 heteroatoms. The van der Waals surface area contributed by atoms with Crippen LogP contribution in [0.3, 0.4) is 0 Å². The van der Waals surface area contributed by atoms with Crippen LogP contribution in [-0.4, -0.2) is 50.3 Å². The highest BCUT2D eigenvalue weighted by Gasteiger charge is 2.27. The predicted molar refractivity (Wildman–Crippen MR) is 109 cm³/mol. The van der Waals surface area contributed by atoms with E-state index in [1.807, 2.05) is 26.8 Å². The van der Waals surface area contributed by atoms with Gasteiger partial charge in [0.2, 0.25) is 0 Å². The van der Waals surface area contributed by atoms with E-state index in [2.05, 4.69) is 0 Å². The molecule has 0 saturated carbocycles. The quantitative estimate of drug-likeness (QED) is 0.750. The van der Waals surface area contributed by atoms with E-state index in [0.717, 1.165) is 5.56 Å². The van der Waals surface area contributed by atoms with E-state index in [1.54, 1.807) is 43.4 Å². The summed E-state index contributed by atoms with van der Waals surface area (Å²) in [4.78, 5) is 14.9. The number of methoxy groups -OCH3 is 3. The summed E-state index contributed by atoms with van der Waals surface area (Å²) in [7, 11) is 4.63. The second kappa shape index (κ2) is 9.46. The molecule has 0 bridgehead atoms. The van der Waals surface area contributed by atoms with E-state index in [0.29, 0.717) is 47.0 Å². The molecule has 1 amide bonds. The van der Waals surface area contributed by atoms with Crippen LogP contribution < -0.4 is 14.2 Å². The fourth-order valence-electron chi connectivity index (χ4n) is 3.22. The molecule has 0 fully saturated rings. The van der Waals surface area contributed by atoms with Crippen molar-refractivity contribution in [2.75, 3.05) is 34.4 Å². The number of nitrogens with zero attached hydrogens (tertiary/aromatic N) is 1. The highest BCUT2D eigenvalue weighted by Crippen LogP contribution is 2.36. The summed E-state index contributed by atoms with van der Waals surface area (Å²) in [6, 6.07) is 8.81. The topological polar surface area (TPSA) is 68.2 Å². The molecule has 2 aromatic rings. The predicted octanol–water partition coefficient (Wildman–Crippen LogP) is 3.58. The monoisotopic (exact) mass is 387 g/mol. The van der Waals surface area contributed by atoms with Crippen LogP contribution in [0.2, 0.25) is 0 Å². The Morgan fingerprint density at radius 2 is 1.54 bits per heavy atom. The van der Waals surface area contributed by atoms with Gasteiger partial charge in [0.05, 0.1) is 26.9 Å². The van der Waals surface area contributed by atoms with E-state index < -0.39 is 6.10 Å². The van der Waals surface area contributed by atoms with Crippen LogP contribution in [0.25, 0.3) is 0 Å². The average molecular weight is 387 g/mol. The summed E-state index contributed by atoms with van der Waals surface area (Å²) in [6.07, 6.45) is -1.05. The summed E-state index contributed by atoms with van der Waals surface area (Å²) in [5, 5.41) is 11.2. The number of carbonyl (C=O) groups excluding carboxylic acids is 1. The zero-order valence-electron chi connectivity index (χ0n) is 17.4. The smallest absolute Gasteiger partial charge is 0.257 e. The fourth-order valence-corrected chi connectivity index (χ4v) is 3.22. The van der Waals surface area contributed by atoms with Gasteiger partial charge in [0.15, 0.2) is 0 Å². The molecule has 0 heterocycles. The largest absolute Gasteiger partial charge is 0.497 e. The first-order valence-corrected chi connectivity index (χ1v) is 9.28. The molecule has 0 aromatic heterocycles. The first kappa shape index (κ1) is 21.6. The molecule has 6 nitrogen and oxygen atoms in total. The number of aryl methyl sites for hydroxylation is 1. The summed E-state index contributed by atoms with van der Waals surface area (Å²) in [5.41, 5.74) is 2.31. The lowest BCUT2D eigenvalue weighted by Crippen LogP contribution is -2.32. The van der Waals surface area contributed by atoms with Crippen LogP contribution in [0.1, 0.15) is 47.0 Å². The molecule has 1 N–H and O–H groups in total. The maximum Gasteiger partial charge on any atom is 0.257 e. The van der Waals surface area contributed by atoms with Gasteiger partial charge in [-0.3, -0.25) is 4.79 Å². The molecular formula is C22H29NO5. The third kappa shape index (κ3) is 4.39. The Hall–Kier alpha value is -2.73. The number of rotatable bonds is 8. The van der Waals surface area contributed by atoms with Crippen molar-refractivity contribution in [3.8, 4) is 17.2 Å². The molecule has 0 spiro atoms. The third-order valence-electron chi connectivity index (χ3n) is 4.75. The Bertz CT molecular complexity index is 808. The molecule has 0 unspecified atom stereocenters. The van der Waals surface area contributed by atoms with E-state index in [-0.39, 0.29) is 5.91 Å². The molecule has 0 aliphatic carbocycles. The normalized spacial score (nSPS) is 11.7. The number of carbonyl (C=O) groups is 1. The van der Waals surface area contributed by atoms with Gasteiger partial charge in [-0.25, -0.2) is 0 Å². The number of hydrogen-bond acceptors (Lipinski definition) is 5. The lowest BCUT2D eigenvalue weighted by Gasteiger charge is -2.24. The summed E-state index contributed by atoms with van der Waals surface area (Å²) >= 11 is 0. The van der Waals surface area contributed by atoms with Crippen molar-refractivity contribution in [1.29, 1.82) is 0 Å². The van der Waals surface area contributed by atoms with Crippen LogP contribution in [-0.2, 0) is 0 Å². The SMILES string of the molecule is CCN(CC)C(=O)c1c(OC)cc(C)cc1[C@@H](O)c1cc(OC)cc(OC)c1. The van der Waals surface area contributed by atoms with E-state index in [4.69, 9.17) is 14.2 Å². The van der Waals surface area contributed by atoms with Gasteiger partial charge < -0.3 is 24.2 Å². The minimum absolute atomic E-state index is 0.175. The van der Waals surface area contributed by atoms with Crippen molar-refractivity contribution in [2.24, 2.45) is 0 Å². The molecule has 0 saturated heterocycles. The van der Waals surface area contributed by atoms with E-state index in [1.165, 1.54) is 7.11 Å². The minimum atomic E-state index is -1.05. The Kier molecular flexibility index (Phi) is 7.29. The molecule has 0 radical (unpaired) electrons. The molecule has 152 valence electrons. The molecular weight excluding hydrogens is 358 g/mol. The van der Waals surface area contributed by atoms with Crippen molar-refractivity contribution >= 4 is 5.91 Å². The number of amides is 1. The van der Waals surface area contributed by atoms with Gasteiger partial charge in [-0.05, 0) is 50.1 Å². The van der Waals surface area contributed by atoms with Crippen LogP contribution in [0.15, 0.2) is 30.3 Å². The van der Waals surface area contributed by atoms with Crippen LogP contribution in [0.5, 0.6) is 17.2 Å². The fraction of sp³-hybridized carbons (Fsp3) is 0.409. The lowest BCUT2D eigenvalue weighted by atomic mass is 9.93. The van der Waals surface area contributed by atoms with E-state index in [9.17, 15) is 9.90 Å². The van der Waals surface area contributed by atoms with Crippen molar-refractivity contribution in [3.05, 3.63) is 52.6 Å². The van der Waals surface area contributed by atoms with Crippen LogP contribution in [0.4, 0.5) is 0 Å². The van der Waals surface area contributed by atoms with Crippen molar-refractivity contribution < 1.29 is 24.1 Å². The zero-order valence-corrected chi connectivity index (χ0v) is 17.4. The number of ether oxygens (including phenoxy) is 3. The lowest BCUT2D eigenvalue weighted by molar-refractivity contribution is 0.0764. The maximum atomic E-state index is 13.2. The van der Waals surface area contributed by atoms with Gasteiger partial charge >= 0.3 is 0 Å². The summed E-state index contributed by atoms with van der Waals surface area (Å²) in [6.45, 7) is 6.87. The molecule has 2 rings (SSSR count). The second-order valence-corrected chi connectivity index (χ2v) is 6.46. The Labute approximate surface area is 166 Å². The Balaban J connectivity index is 2.67. The number of aliphatic hydroxyl groups excluding tert-OH is 1. The first-order valence-electron chi connectivity index (χ1n) is 9.28. The minimum Gasteiger partial charge on any atom is -0.497 e.